The highest BCUT2D eigenvalue weighted by Crippen LogP contribution is 2.21. The minimum Gasteiger partial charge on any atom is -0.489 e. The van der Waals surface area contributed by atoms with Gasteiger partial charge < -0.3 is 4.74 Å². The Morgan fingerprint density at radius 1 is 1.10 bits per heavy atom. The van der Waals surface area contributed by atoms with Crippen LogP contribution in [0.25, 0.3) is 0 Å². The molecule has 0 radical (unpaired) electrons. The Labute approximate surface area is 127 Å². The number of hydrogen-bond acceptors (Lipinski definition) is 1. The third kappa shape index (κ3) is 4.34. The predicted octanol–water partition coefficient (Wildman–Crippen LogP) is 5.51. The van der Waals surface area contributed by atoms with Crippen LogP contribution < -0.4 is 4.74 Å². The van der Waals surface area contributed by atoms with E-state index in [0.29, 0.717) is 6.61 Å². The highest BCUT2D eigenvalue weighted by atomic mass is 79.9. The summed E-state index contributed by atoms with van der Waals surface area (Å²) in [4.78, 5) is 0. The van der Waals surface area contributed by atoms with E-state index in [2.05, 4.69) is 35.0 Å². The molecule has 2 rings (SSSR count). The molecule has 2 aromatic carbocycles. The van der Waals surface area contributed by atoms with Crippen molar-refractivity contribution in [1.29, 1.82) is 0 Å². The molecule has 106 valence electrons. The summed E-state index contributed by atoms with van der Waals surface area (Å²) in [6.45, 7) is 2.62. The van der Waals surface area contributed by atoms with Crippen molar-refractivity contribution < 1.29 is 9.13 Å². The van der Waals surface area contributed by atoms with Crippen molar-refractivity contribution in [1.82, 2.24) is 0 Å². The third-order valence-corrected chi connectivity index (χ3v) is 3.89. The van der Waals surface area contributed by atoms with Gasteiger partial charge in [0, 0.05) is 10.0 Å². The van der Waals surface area contributed by atoms with Crippen LogP contribution in [0, 0.1) is 5.82 Å². The molecule has 0 amide bonds. The zero-order valence-corrected chi connectivity index (χ0v) is 13.1. The molecule has 0 spiro atoms. The topological polar surface area (TPSA) is 9.23 Å². The average Bonchev–Trinajstić information content (AvgIpc) is 2.45. The van der Waals surface area contributed by atoms with Crippen molar-refractivity contribution in [3.63, 3.8) is 0 Å². The van der Waals surface area contributed by atoms with Gasteiger partial charge in [0.25, 0.3) is 0 Å². The normalized spacial score (nSPS) is 10.6. The Hall–Kier alpha value is -1.35. The van der Waals surface area contributed by atoms with Crippen molar-refractivity contribution in [3.05, 3.63) is 63.9 Å². The minimum atomic E-state index is -0.249. The maximum Gasteiger partial charge on any atom is 0.124 e. The smallest absolute Gasteiger partial charge is 0.124 e. The molecule has 0 saturated heterocycles. The van der Waals surface area contributed by atoms with Crippen LogP contribution in [0.2, 0.25) is 0 Å². The van der Waals surface area contributed by atoms with Gasteiger partial charge in [-0.2, -0.15) is 0 Å². The monoisotopic (exact) mass is 336 g/mol. The Balaban J connectivity index is 1.93. The first-order chi connectivity index (χ1) is 9.69. The summed E-state index contributed by atoms with van der Waals surface area (Å²) in [6.07, 6.45) is 3.53. The number of benzene rings is 2. The fourth-order valence-electron chi connectivity index (χ4n) is 1.93. The van der Waals surface area contributed by atoms with Crippen LogP contribution in [0.15, 0.2) is 46.9 Å². The summed E-state index contributed by atoms with van der Waals surface area (Å²) < 4.78 is 19.4. The lowest BCUT2D eigenvalue weighted by atomic mass is 10.1. The molecule has 0 atom stereocenters. The molecule has 0 N–H and O–H groups in total. The van der Waals surface area contributed by atoms with Crippen molar-refractivity contribution in [3.8, 4) is 5.75 Å². The lowest BCUT2D eigenvalue weighted by molar-refractivity contribution is 0.305. The van der Waals surface area contributed by atoms with Gasteiger partial charge in [0.2, 0.25) is 0 Å². The van der Waals surface area contributed by atoms with Gasteiger partial charge in [0.15, 0.2) is 0 Å². The van der Waals surface area contributed by atoms with Gasteiger partial charge in [0.1, 0.15) is 18.2 Å². The molecule has 0 saturated carbocycles. The number of ether oxygens (including phenoxy) is 1. The molecule has 0 fully saturated rings. The van der Waals surface area contributed by atoms with Gasteiger partial charge in [-0.3, -0.25) is 0 Å². The second-order valence-corrected chi connectivity index (χ2v) is 5.63. The summed E-state index contributed by atoms with van der Waals surface area (Å²) in [6, 6.07) is 12.8. The number of hydrogen-bond donors (Lipinski definition) is 0. The Bertz CT molecular complexity index is 551. The Morgan fingerprint density at radius 3 is 2.50 bits per heavy atom. The molecule has 0 aromatic heterocycles. The number of aryl methyl sites for hydroxylation is 1. The predicted molar refractivity (Wildman–Crippen MR) is 83.5 cm³/mol. The maximum absolute atomic E-state index is 13.0. The van der Waals surface area contributed by atoms with Crippen LogP contribution in [0.3, 0.4) is 0 Å². The van der Waals surface area contributed by atoms with Gasteiger partial charge in [-0.25, -0.2) is 4.39 Å². The zero-order chi connectivity index (χ0) is 14.4. The second kappa shape index (κ2) is 7.44. The van der Waals surface area contributed by atoms with Crippen LogP contribution in [0.1, 0.15) is 30.9 Å². The molecule has 1 nitrogen and oxygen atoms in total. The van der Waals surface area contributed by atoms with E-state index in [0.717, 1.165) is 22.2 Å². The van der Waals surface area contributed by atoms with Crippen molar-refractivity contribution >= 4 is 15.9 Å². The minimum absolute atomic E-state index is 0.249. The molecule has 0 bridgehead atoms. The van der Waals surface area contributed by atoms with Gasteiger partial charge in [-0.15, -0.1) is 0 Å². The number of unbranched alkanes of at least 4 members (excludes halogenated alkanes) is 1. The van der Waals surface area contributed by atoms with Crippen LogP contribution in [-0.4, -0.2) is 0 Å². The summed E-state index contributed by atoms with van der Waals surface area (Å²) in [5.74, 6) is 0.586. The standard InChI is InChI=1S/C17H18BrFO/c1-2-3-4-13-5-9-16(10-6-13)20-12-14-7-8-15(19)11-17(14)18/h5-11H,2-4,12H2,1H3. The number of halogens is 2. The number of rotatable bonds is 6. The van der Waals surface area contributed by atoms with Crippen LogP contribution >= 0.6 is 15.9 Å². The highest BCUT2D eigenvalue weighted by molar-refractivity contribution is 9.10. The molecule has 0 aliphatic carbocycles. The molecule has 3 heteroatoms. The van der Waals surface area contributed by atoms with E-state index in [4.69, 9.17) is 4.74 Å². The fourth-order valence-corrected chi connectivity index (χ4v) is 2.40. The highest BCUT2D eigenvalue weighted by Gasteiger charge is 2.03. The molecule has 20 heavy (non-hydrogen) atoms. The van der Waals surface area contributed by atoms with Crippen LogP contribution in [0.5, 0.6) is 5.75 Å². The molecular formula is C17H18BrFO. The van der Waals surface area contributed by atoms with Gasteiger partial charge in [-0.05, 0) is 42.7 Å². The molecular weight excluding hydrogens is 319 g/mol. The summed E-state index contributed by atoms with van der Waals surface area (Å²) in [7, 11) is 0. The van der Waals surface area contributed by atoms with E-state index in [1.807, 2.05) is 12.1 Å². The van der Waals surface area contributed by atoms with E-state index in [1.165, 1.54) is 30.5 Å². The summed E-state index contributed by atoms with van der Waals surface area (Å²) >= 11 is 3.34. The maximum atomic E-state index is 13.0. The lowest BCUT2D eigenvalue weighted by Gasteiger charge is -2.09. The summed E-state index contributed by atoms with van der Waals surface area (Å²) in [5, 5.41) is 0. The van der Waals surface area contributed by atoms with Crippen molar-refractivity contribution in [2.24, 2.45) is 0 Å². The van der Waals surface area contributed by atoms with E-state index in [-0.39, 0.29) is 5.82 Å². The third-order valence-electron chi connectivity index (χ3n) is 3.15. The van der Waals surface area contributed by atoms with Gasteiger partial charge >= 0.3 is 0 Å². The molecule has 0 unspecified atom stereocenters. The summed E-state index contributed by atoms with van der Waals surface area (Å²) in [5.41, 5.74) is 2.27. The van der Waals surface area contributed by atoms with Crippen molar-refractivity contribution in [2.75, 3.05) is 0 Å². The first kappa shape index (κ1) is 15.0. The van der Waals surface area contributed by atoms with Gasteiger partial charge in [0.05, 0.1) is 0 Å². The molecule has 0 heterocycles. The van der Waals surface area contributed by atoms with E-state index in [9.17, 15) is 4.39 Å². The van der Waals surface area contributed by atoms with Crippen LogP contribution in [0.4, 0.5) is 4.39 Å². The van der Waals surface area contributed by atoms with E-state index < -0.39 is 0 Å². The van der Waals surface area contributed by atoms with Crippen molar-refractivity contribution in [2.45, 2.75) is 32.8 Å². The first-order valence-electron chi connectivity index (χ1n) is 6.84. The largest absolute Gasteiger partial charge is 0.489 e. The SMILES string of the molecule is CCCCc1ccc(OCc2ccc(F)cc2Br)cc1. The first-order valence-corrected chi connectivity index (χ1v) is 7.64. The molecule has 2 aromatic rings. The molecule has 0 aliphatic heterocycles. The fraction of sp³-hybridized carbons (Fsp3) is 0.294. The zero-order valence-electron chi connectivity index (χ0n) is 11.5. The Kier molecular flexibility index (Phi) is 5.60. The Morgan fingerprint density at radius 2 is 1.85 bits per heavy atom. The lowest BCUT2D eigenvalue weighted by Crippen LogP contribution is -1.97. The average molecular weight is 337 g/mol. The quantitative estimate of drug-likeness (QED) is 0.675. The van der Waals surface area contributed by atoms with Crippen LogP contribution in [-0.2, 0) is 13.0 Å². The van der Waals surface area contributed by atoms with E-state index in [1.54, 1.807) is 6.07 Å². The second-order valence-electron chi connectivity index (χ2n) is 4.77. The van der Waals surface area contributed by atoms with Gasteiger partial charge in [-0.1, -0.05) is 47.5 Å². The molecule has 0 aliphatic rings. The van der Waals surface area contributed by atoms with E-state index >= 15 is 0 Å².